The second kappa shape index (κ2) is 8.12. The van der Waals surface area contributed by atoms with E-state index in [1.165, 1.54) is 19.9 Å². The molecule has 0 saturated carbocycles. The fourth-order valence-electron chi connectivity index (χ4n) is 3.33. The van der Waals surface area contributed by atoms with Crippen LogP contribution in [-0.4, -0.2) is 33.5 Å². The number of aliphatic hydroxyl groups is 2. The average Bonchev–Trinajstić information content (AvgIpc) is 2.60. The van der Waals surface area contributed by atoms with Crippen LogP contribution in [-0.2, 0) is 23.9 Å². The third kappa shape index (κ3) is 3.79. The summed E-state index contributed by atoms with van der Waals surface area (Å²) in [6.07, 6.45) is 2.57. The summed E-state index contributed by atoms with van der Waals surface area (Å²) in [6.45, 7) is 6.50. The van der Waals surface area contributed by atoms with E-state index >= 15 is 0 Å². The maximum atomic E-state index is 12.7. The zero-order chi connectivity index (χ0) is 21.2. The highest BCUT2D eigenvalue weighted by Gasteiger charge is 2.46. The van der Waals surface area contributed by atoms with E-state index in [0.29, 0.717) is 19.3 Å². The maximum Gasteiger partial charge on any atom is 0.322 e. The van der Waals surface area contributed by atoms with Crippen LogP contribution in [0.5, 0.6) is 0 Å². The number of carbonyl (C=O) groups is 4. The van der Waals surface area contributed by atoms with Gasteiger partial charge < -0.3 is 14.9 Å². The van der Waals surface area contributed by atoms with Gasteiger partial charge in [-0.1, -0.05) is 13.8 Å². The van der Waals surface area contributed by atoms with Crippen molar-refractivity contribution in [3.63, 3.8) is 0 Å². The molecule has 2 aliphatic rings. The summed E-state index contributed by atoms with van der Waals surface area (Å²) in [6, 6.07) is 0. The van der Waals surface area contributed by atoms with Crippen LogP contribution in [0.25, 0.3) is 0 Å². The Hall–Kier alpha value is -2.70. The summed E-state index contributed by atoms with van der Waals surface area (Å²) >= 11 is 0. The van der Waals surface area contributed by atoms with Crippen LogP contribution in [0, 0.1) is 11.3 Å². The zero-order valence-electron chi connectivity index (χ0n) is 16.6. The Kier molecular flexibility index (Phi) is 6.27. The summed E-state index contributed by atoms with van der Waals surface area (Å²) in [4.78, 5) is 49.8. The minimum Gasteiger partial charge on any atom is -0.511 e. The molecular formula is C21H26O7. The molecule has 1 atom stereocenters. The van der Waals surface area contributed by atoms with Crippen LogP contribution in [0.15, 0.2) is 34.5 Å². The Morgan fingerprint density at radius 1 is 1.14 bits per heavy atom. The number of Topliss-reactive ketones (excluding diaryl/α,β-unsaturated/α-hetero) is 2. The van der Waals surface area contributed by atoms with E-state index in [1.807, 2.05) is 6.92 Å². The van der Waals surface area contributed by atoms with Gasteiger partial charge in [0, 0.05) is 30.9 Å². The number of aliphatic hydroxyl groups excluding tert-OH is 2. The van der Waals surface area contributed by atoms with Gasteiger partial charge in [-0.15, -0.1) is 0 Å². The Labute approximate surface area is 163 Å². The summed E-state index contributed by atoms with van der Waals surface area (Å²) in [5, 5.41) is 21.2. The first-order chi connectivity index (χ1) is 13.1. The van der Waals surface area contributed by atoms with E-state index in [1.54, 1.807) is 6.92 Å². The molecule has 0 aromatic heterocycles. The normalized spacial score (nSPS) is 22.4. The van der Waals surface area contributed by atoms with Crippen LogP contribution in [0.2, 0.25) is 0 Å². The lowest BCUT2D eigenvalue weighted by Crippen LogP contribution is -2.38. The fraction of sp³-hybridized carbons (Fsp3) is 0.524. The Morgan fingerprint density at radius 2 is 1.79 bits per heavy atom. The van der Waals surface area contributed by atoms with Gasteiger partial charge in [0.05, 0.1) is 5.41 Å². The van der Waals surface area contributed by atoms with Crippen LogP contribution < -0.4 is 0 Å². The number of esters is 1. The van der Waals surface area contributed by atoms with E-state index in [-0.39, 0.29) is 24.2 Å². The van der Waals surface area contributed by atoms with Gasteiger partial charge in [0.1, 0.15) is 28.8 Å². The van der Waals surface area contributed by atoms with Gasteiger partial charge in [0.15, 0.2) is 17.3 Å². The third-order valence-corrected chi connectivity index (χ3v) is 5.02. The van der Waals surface area contributed by atoms with Gasteiger partial charge in [-0.3, -0.25) is 19.2 Å². The summed E-state index contributed by atoms with van der Waals surface area (Å²) in [5.41, 5.74) is -1.99. The predicted molar refractivity (Wildman–Crippen MR) is 100 cm³/mol. The van der Waals surface area contributed by atoms with Crippen molar-refractivity contribution < 1.29 is 34.1 Å². The molecule has 0 radical (unpaired) electrons. The quantitative estimate of drug-likeness (QED) is 0.388. The second-order valence-corrected chi connectivity index (χ2v) is 7.62. The lowest BCUT2D eigenvalue weighted by Gasteiger charge is -2.32. The highest BCUT2D eigenvalue weighted by Crippen LogP contribution is 2.42. The molecule has 0 unspecified atom stereocenters. The van der Waals surface area contributed by atoms with Gasteiger partial charge in [-0.05, 0) is 26.7 Å². The van der Waals surface area contributed by atoms with Crippen molar-refractivity contribution in [2.24, 2.45) is 11.3 Å². The van der Waals surface area contributed by atoms with Crippen molar-refractivity contribution >= 4 is 23.3 Å². The lowest BCUT2D eigenvalue weighted by molar-refractivity contribution is -0.149. The molecule has 0 spiro atoms. The fourth-order valence-corrected chi connectivity index (χ4v) is 3.33. The van der Waals surface area contributed by atoms with Gasteiger partial charge in [0.25, 0.3) is 0 Å². The maximum absolute atomic E-state index is 12.7. The molecular weight excluding hydrogens is 364 g/mol. The van der Waals surface area contributed by atoms with E-state index in [2.05, 4.69) is 0 Å². The number of carbonyl (C=O) groups excluding carboxylic acids is 4. The number of hydrogen-bond acceptors (Lipinski definition) is 7. The number of rotatable bonds is 7. The molecule has 0 aromatic carbocycles. The first-order valence-corrected chi connectivity index (χ1v) is 9.46. The standard InChI is InChI=1S/C21H26O7/c1-5-7-11-9-15(23)12(20(27)28-11)10-13-17(24)16(14(22)8-6-2)19(26)21(3,4)18(13)25/h9,12,24-25H,5-8,10H2,1-4H3/t12-/m0/s1. The van der Waals surface area contributed by atoms with Crippen molar-refractivity contribution in [1.82, 2.24) is 0 Å². The second-order valence-electron chi connectivity index (χ2n) is 7.62. The topological polar surface area (TPSA) is 118 Å². The van der Waals surface area contributed by atoms with Gasteiger partial charge >= 0.3 is 5.97 Å². The van der Waals surface area contributed by atoms with E-state index in [4.69, 9.17) is 4.74 Å². The van der Waals surface area contributed by atoms with Crippen LogP contribution in [0.1, 0.15) is 59.8 Å². The molecule has 152 valence electrons. The van der Waals surface area contributed by atoms with Crippen molar-refractivity contribution in [2.45, 2.75) is 59.8 Å². The summed E-state index contributed by atoms with van der Waals surface area (Å²) in [7, 11) is 0. The molecule has 2 rings (SSSR count). The average molecular weight is 390 g/mol. The molecule has 0 amide bonds. The van der Waals surface area contributed by atoms with Gasteiger partial charge in [-0.25, -0.2) is 0 Å². The lowest BCUT2D eigenvalue weighted by atomic mass is 9.72. The molecule has 1 aliphatic heterocycles. The molecule has 0 fully saturated rings. The molecule has 1 aliphatic carbocycles. The highest BCUT2D eigenvalue weighted by molar-refractivity contribution is 6.24. The SMILES string of the molecule is CCCC(=O)C1=C(O)C(C[C@H]2C(=O)C=C(CCC)OC2=O)=C(O)C(C)(C)C1=O. The summed E-state index contributed by atoms with van der Waals surface area (Å²) in [5.74, 6) is -4.59. The monoisotopic (exact) mass is 390 g/mol. The number of cyclic esters (lactones) is 1. The molecule has 0 aromatic rings. The Bertz CT molecular complexity index is 824. The van der Waals surface area contributed by atoms with Crippen LogP contribution >= 0.6 is 0 Å². The van der Waals surface area contributed by atoms with Crippen molar-refractivity contribution in [2.75, 3.05) is 0 Å². The van der Waals surface area contributed by atoms with E-state index < -0.39 is 51.7 Å². The Balaban J connectivity index is 2.46. The van der Waals surface area contributed by atoms with E-state index in [0.717, 1.165) is 0 Å². The molecule has 7 nitrogen and oxygen atoms in total. The van der Waals surface area contributed by atoms with Crippen molar-refractivity contribution in [1.29, 1.82) is 0 Å². The van der Waals surface area contributed by atoms with Gasteiger partial charge in [-0.2, -0.15) is 0 Å². The van der Waals surface area contributed by atoms with Crippen molar-refractivity contribution in [3.05, 3.63) is 34.5 Å². The molecule has 28 heavy (non-hydrogen) atoms. The molecule has 1 heterocycles. The number of allylic oxidation sites excluding steroid dienone is 5. The highest BCUT2D eigenvalue weighted by atomic mass is 16.5. The molecule has 0 saturated heterocycles. The molecule has 0 bridgehead atoms. The summed E-state index contributed by atoms with van der Waals surface area (Å²) < 4.78 is 5.17. The smallest absolute Gasteiger partial charge is 0.322 e. The Morgan fingerprint density at radius 3 is 2.32 bits per heavy atom. The molecule has 7 heteroatoms. The van der Waals surface area contributed by atoms with E-state index in [9.17, 15) is 29.4 Å². The van der Waals surface area contributed by atoms with Crippen LogP contribution in [0.3, 0.4) is 0 Å². The number of ketones is 3. The predicted octanol–water partition coefficient (Wildman–Crippen LogP) is 3.40. The largest absolute Gasteiger partial charge is 0.511 e. The third-order valence-electron chi connectivity index (χ3n) is 5.02. The van der Waals surface area contributed by atoms with Crippen molar-refractivity contribution in [3.8, 4) is 0 Å². The minimum absolute atomic E-state index is 0.0583. The molecule has 2 N–H and O–H groups in total. The first-order valence-electron chi connectivity index (χ1n) is 9.46. The zero-order valence-corrected chi connectivity index (χ0v) is 16.6. The number of ether oxygens (including phenoxy) is 1. The minimum atomic E-state index is -1.45. The van der Waals surface area contributed by atoms with Crippen LogP contribution in [0.4, 0.5) is 0 Å². The first kappa shape index (κ1) is 21.6. The van der Waals surface area contributed by atoms with Gasteiger partial charge in [0.2, 0.25) is 0 Å². The number of hydrogen-bond donors (Lipinski definition) is 2.